The molecule has 3 heterocycles. The number of methoxy groups -OCH3 is 1. The summed E-state index contributed by atoms with van der Waals surface area (Å²) in [6.45, 7) is 4.88. The highest BCUT2D eigenvalue weighted by Gasteiger charge is 2.24. The van der Waals surface area contributed by atoms with E-state index in [4.69, 9.17) is 15.2 Å². The van der Waals surface area contributed by atoms with Crippen LogP contribution in [0.4, 0.5) is 5.82 Å². The fourth-order valence-corrected chi connectivity index (χ4v) is 3.52. The van der Waals surface area contributed by atoms with Gasteiger partial charge in [0.05, 0.1) is 20.3 Å². The van der Waals surface area contributed by atoms with Crippen LogP contribution >= 0.6 is 0 Å². The fraction of sp³-hybridized carbons (Fsp3) is 0.667. The largest absolute Gasteiger partial charge is 0.468 e. The average molecular weight is 392 g/mol. The number of nitrogen functional groups attached to an aromatic ring is 1. The van der Waals surface area contributed by atoms with E-state index in [1.807, 2.05) is 0 Å². The van der Waals surface area contributed by atoms with E-state index in [1.54, 1.807) is 4.57 Å². The molecule has 0 amide bonds. The van der Waals surface area contributed by atoms with Crippen molar-refractivity contribution in [1.29, 1.82) is 0 Å². The molecule has 28 heavy (non-hydrogen) atoms. The zero-order chi connectivity index (χ0) is 20.1. The highest BCUT2D eigenvalue weighted by Crippen LogP contribution is 2.22. The summed E-state index contributed by atoms with van der Waals surface area (Å²) in [5, 5.41) is 0. The Balaban J connectivity index is 1.79. The van der Waals surface area contributed by atoms with Crippen molar-refractivity contribution in [3.05, 3.63) is 10.5 Å². The van der Waals surface area contributed by atoms with Crippen LogP contribution in [-0.2, 0) is 16.1 Å². The number of hydrogen-bond donors (Lipinski definition) is 2. The molecule has 1 atom stereocenters. The number of likely N-dealkylation sites (tertiary alicyclic amines) is 1. The number of fused-ring (bicyclic) bond motifs is 1. The number of aromatic amines is 1. The summed E-state index contributed by atoms with van der Waals surface area (Å²) >= 11 is 0. The van der Waals surface area contributed by atoms with Crippen LogP contribution in [0.3, 0.4) is 0 Å². The van der Waals surface area contributed by atoms with Crippen LogP contribution in [-0.4, -0.2) is 63.7 Å². The highest BCUT2D eigenvalue weighted by molar-refractivity contribution is 5.81. The molecule has 0 bridgehead atoms. The van der Waals surface area contributed by atoms with Gasteiger partial charge in [-0.1, -0.05) is 13.3 Å². The minimum absolute atomic E-state index is 0.183. The number of aromatic nitrogens is 4. The number of carbonyl (C=O) groups excluding carboxylic acids is 1. The molecule has 1 aliphatic heterocycles. The van der Waals surface area contributed by atoms with Gasteiger partial charge in [0.2, 0.25) is 0 Å². The number of rotatable bonds is 8. The van der Waals surface area contributed by atoms with Crippen molar-refractivity contribution in [1.82, 2.24) is 24.4 Å². The molecule has 2 aromatic rings. The van der Waals surface area contributed by atoms with Crippen molar-refractivity contribution in [2.75, 3.05) is 39.1 Å². The van der Waals surface area contributed by atoms with E-state index in [1.165, 1.54) is 7.11 Å². The second-order valence-corrected chi connectivity index (χ2v) is 7.15. The lowest BCUT2D eigenvalue weighted by molar-refractivity contribution is -0.142. The lowest BCUT2D eigenvalue weighted by Crippen LogP contribution is -2.41. The van der Waals surface area contributed by atoms with Gasteiger partial charge in [-0.05, 0) is 31.7 Å². The van der Waals surface area contributed by atoms with Gasteiger partial charge in [0.25, 0.3) is 0 Å². The first-order valence-corrected chi connectivity index (χ1v) is 9.69. The van der Waals surface area contributed by atoms with E-state index in [2.05, 4.69) is 26.8 Å². The molecular weight excluding hydrogens is 364 g/mol. The Bertz CT molecular complexity index is 877. The van der Waals surface area contributed by atoms with Gasteiger partial charge in [0.15, 0.2) is 11.5 Å². The summed E-state index contributed by atoms with van der Waals surface area (Å²) in [6.07, 6.45) is 3.81. The molecule has 10 heteroatoms. The number of esters is 1. The first-order valence-electron chi connectivity index (χ1n) is 9.69. The molecule has 3 rings (SSSR count). The number of imidazole rings is 1. The SMILES string of the molecule is CCCCOc1nc(N)c2[nH]c(=O)n(CC3CCCN(CC(=O)OC)C3)c2n1. The van der Waals surface area contributed by atoms with Gasteiger partial charge in [0.1, 0.15) is 5.52 Å². The van der Waals surface area contributed by atoms with E-state index < -0.39 is 0 Å². The summed E-state index contributed by atoms with van der Waals surface area (Å²) in [5.74, 6) is 0.165. The lowest BCUT2D eigenvalue weighted by Gasteiger charge is -2.31. The number of nitrogens with one attached hydrogen (secondary N) is 1. The Labute approximate surface area is 163 Å². The van der Waals surface area contributed by atoms with Crippen LogP contribution in [0.5, 0.6) is 6.01 Å². The maximum atomic E-state index is 12.5. The molecule has 0 spiro atoms. The number of anilines is 1. The van der Waals surface area contributed by atoms with Gasteiger partial charge in [-0.3, -0.25) is 14.3 Å². The van der Waals surface area contributed by atoms with E-state index in [0.717, 1.165) is 32.2 Å². The number of H-pyrrole nitrogens is 1. The van der Waals surface area contributed by atoms with Gasteiger partial charge in [0, 0.05) is 13.1 Å². The lowest BCUT2D eigenvalue weighted by atomic mass is 9.98. The number of nitrogens with two attached hydrogens (primary N) is 1. The Morgan fingerprint density at radius 3 is 2.96 bits per heavy atom. The summed E-state index contributed by atoms with van der Waals surface area (Å²) in [5.41, 5.74) is 6.60. The van der Waals surface area contributed by atoms with Gasteiger partial charge < -0.3 is 20.2 Å². The van der Waals surface area contributed by atoms with E-state index >= 15 is 0 Å². The maximum absolute atomic E-state index is 12.5. The van der Waals surface area contributed by atoms with Crippen molar-refractivity contribution in [2.24, 2.45) is 5.92 Å². The fourth-order valence-electron chi connectivity index (χ4n) is 3.52. The molecule has 10 nitrogen and oxygen atoms in total. The quantitative estimate of drug-likeness (QED) is 0.498. The highest BCUT2D eigenvalue weighted by atomic mass is 16.5. The van der Waals surface area contributed by atoms with E-state index in [0.29, 0.717) is 30.9 Å². The Morgan fingerprint density at radius 1 is 1.39 bits per heavy atom. The molecule has 1 aliphatic rings. The second-order valence-electron chi connectivity index (χ2n) is 7.15. The minimum atomic E-state index is -0.271. The molecule has 1 fully saturated rings. The first-order chi connectivity index (χ1) is 13.5. The summed E-state index contributed by atoms with van der Waals surface area (Å²) in [6, 6.07) is 0.183. The predicted octanol–water partition coefficient (Wildman–Crippen LogP) is 0.766. The zero-order valence-corrected chi connectivity index (χ0v) is 16.4. The molecule has 0 saturated carbocycles. The topological polar surface area (TPSA) is 128 Å². The summed E-state index contributed by atoms with van der Waals surface area (Å²) in [4.78, 5) is 37.4. The van der Waals surface area contributed by atoms with Gasteiger partial charge in [-0.2, -0.15) is 9.97 Å². The maximum Gasteiger partial charge on any atom is 0.327 e. The van der Waals surface area contributed by atoms with Crippen LogP contribution in [0.15, 0.2) is 4.79 Å². The molecule has 154 valence electrons. The monoisotopic (exact) mass is 392 g/mol. The van der Waals surface area contributed by atoms with Crippen LogP contribution in [0.25, 0.3) is 11.2 Å². The van der Waals surface area contributed by atoms with Crippen LogP contribution < -0.4 is 16.2 Å². The zero-order valence-electron chi connectivity index (χ0n) is 16.4. The third-order valence-electron chi connectivity index (χ3n) is 4.98. The minimum Gasteiger partial charge on any atom is -0.468 e. The smallest absolute Gasteiger partial charge is 0.327 e. The Hall–Kier alpha value is -2.62. The third kappa shape index (κ3) is 4.61. The normalized spacial score (nSPS) is 17.7. The Kier molecular flexibility index (Phi) is 6.50. The van der Waals surface area contributed by atoms with Crippen LogP contribution in [0.1, 0.15) is 32.6 Å². The summed E-state index contributed by atoms with van der Waals surface area (Å²) in [7, 11) is 1.39. The van der Waals surface area contributed by atoms with Gasteiger partial charge in [-0.15, -0.1) is 0 Å². The van der Waals surface area contributed by atoms with Crippen molar-refractivity contribution in [2.45, 2.75) is 39.2 Å². The molecule has 1 saturated heterocycles. The number of nitrogens with zero attached hydrogens (tertiary/aromatic N) is 4. The number of carbonyl (C=O) groups is 1. The second kappa shape index (κ2) is 9.05. The van der Waals surface area contributed by atoms with Gasteiger partial charge in [-0.25, -0.2) is 4.79 Å². The summed E-state index contributed by atoms with van der Waals surface area (Å²) < 4.78 is 11.9. The Morgan fingerprint density at radius 2 is 2.21 bits per heavy atom. The standard InChI is InChI=1S/C18H28N6O4/c1-3-4-8-28-17-21-15(19)14-16(22-17)24(18(26)20-14)10-12-6-5-7-23(9-12)11-13(25)27-2/h12H,3-11H2,1-2H3,(H,20,26)(H2,19,21,22). The van der Waals surface area contributed by atoms with Crippen LogP contribution in [0.2, 0.25) is 0 Å². The number of hydrogen-bond acceptors (Lipinski definition) is 8. The molecule has 3 N–H and O–H groups in total. The molecule has 1 unspecified atom stereocenters. The molecule has 0 aliphatic carbocycles. The van der Waals surface area contributed by atoms with Crippen molar-refractivity contribution >= 4 is 23.0 Å². The van der Waals surface area contributed by atoms with Crippen molar-refractivity contribution in [3.63, 3.8) is 0 Å². The number of ether oxygens (including phenoxy) is 2. The van der Waals surface area contributed by atoms with E-state index in [9.17, 15) is 9.59 Å². The average Bonchev–Trinajstić information content (AvgIpc) is 2.98. The first kappa shape index (κ1) is 20.1. The third-order valence-corrected chi connectivity index (χ3v) is 4.98. The number of unbranched alkanes of at least 4 members (excludes halogenated alkanes) is 1. The molecule has 0 aromatic carbocycles. The predicted molar refractivity (Wildman–Crippen MR) is 104 cm³/mol. The molecule has 2 aromatic heterocycles. The van der Waals surface area contributed by atoms with Gasteiger partial charge >= 0.3 is 17.7 Å². The van der Waals surface area contributed by atoms with E-state index in [-0.39, 0.29) is 36.0 Å². The number of piperidine rings is 1. The van der Waals surface area contributed by atoms with Crippen molar-refractivity contribution < 1.29 is 14.3 Å². The van der Waals surface area contributed by atoms with Crippen LogP contribution in [0, 0.1) is 5.92 Å². The molecular formula is C18H28N6O4. The van der Waals surface area contributed by atoms with Crippen molar-refractivity contribution in [3.8, 4) is 6.01 Å². The molecule has 0 radical (unpaired) electrons.